The molecule has 33 heavy (non-hydrogen) atoms. The normalized spacial score (nSPS) is 14.2. The van der Waals surface area contributed by atoms with Gasteiger partial charge in [0.1, 0.15) is 5.60 Å². The number of hydrogen-bond donors (Lipinski definition) is 0. The number of carbonyl (C=O) groups excluding carboxylic acids is 3. The molecule has 0 spiro atoms. The second-order valence-electron chi connectivity index (χ2n) is 8.10. The zero-order valence-corrected chi connectivity index (χ0v) is 20.2. The van der Waals surface area contributed by atoms with E-state index in [-0.39, 0.29) is 42.8 Å². The lowest BCUT2D eigenvalue weighted by atomic mass is 10.0. The first-order valence-electron chi connectivity index (χ1n) is 10.1. The molecule has 1 fully saturated rings. The summed E-state index contributed by atoms with van der Waals surface area (Å²) in [6, 6.07) is 0.364. The molecule has 1 aromatic rings. The van der Waals surface area contributed by atoms with Crippen LogP contribution in [0.1, 0.15) is 40.5 Å². The number of nitrogens with zero attached hydrogens (tertiary/aromatic N) is 5. The van der Waals surface area contributed by atoms with Gasteiger partial charge < -0.3 is 19.2 Å². The summed E-state index contributed by atoms with van der Waals surface area (Å²) < 4.78 is 10.3. The molecule has 0 aliphatic carbocycles. The molecule has 2 heterocycles. The van der Waals surface area contributed by atoms with Crippen LogP contribution in [0.3, 0.4) is 0 Å². The molecule has 1 saturated heterocycles. The van der Waals surface area contributed by atoms with Gasteiger partial charge in [-0.25, -0.2) is 9.59 Å². The summed E-state index contributed by atoms with van der Waals surface area (Å²) in [7, 11) is 0. The van der Waals surface area contributed by atoms with Gasteiger partial charge in [-0.2, -0.15) is 0 Å². The van der Waals surface area contributed by atoms with Crippen LogP contribution in [0.5, 0.6) is 0 Å². The Bertz CT molecular complexity index is 994. The molecule has 13 heteroatoms. The van der Waals surface area contributed by atoms with Gasteiger partial charge in [0.2, 0.25) is 0 Å². The largest absolute Gasteiger partial charge is 0.459 e. The van der Waals surface area contributed by atoms with E-state index < -0.39 is 46.0 Å². The molecule has 0 unspecified atom stereocenters. The monoisotopic (exact) mass is 525 g/mol. The lowest BCUT2D eigenvalue weighted by Gasteiger charge is -2.37. The zero-order chi connectivity index (χ0) is 24.9. The molecule has 0 aromatic carbocycles. The van der Waals surface area contributed by atoms with Crippen LogP contribution in [0, 0.1) is 16.7 Å². The highest BCUT2D eigenvalue weighted by Crippen LogP contribution is 2.37. The minimum atomic E-state index is -1.20. The van der Waals surface area contributed by atoms with E-state index in [9.17, 15) is 24.5 Å². The lowest BCUT2D eigenvalue weighted by molar-refractivity contribution is -0.384. The fourth-order valence-corrected chi connectivity index (χ4v) is 3.60. The fraction of sp³-hybridized carbons (Fsp3) is 0.550. The van der Waals surface area contributed by atoms with Crippen LogP contribution in [0.25, 0.3) is 4.85 Å². The molecule has 1 aliphatic heterocycles. The summed E-state index contributed by atoms with van der Waals surface area (Å²) in [6.45, 7) is 14.3. The Balaban J connectivity index is 2.43. The summed E-state index contributed by atoms with van der Waals surface area (Å²) in [5, 5.41) is 11.7. The molecule has 0 saturated carbocycles. The Morgan fingerprint density at radius 1 is 1.36 bits per heavy atom. The minimum Gasteiger partial charge on any atom is -0.459 e. The predicted octanol–water partition coefficient (Wildman–Crippen LogP) is 3.60. The van der Waals surface area contributed by atoms with E-state index in [1.165, 1.54) is 11.8 Å². The summed E-state index contributed by atoms with van der Waals surface area (Å²) in [5.41, 5.74) is -1.24. The van der Waals surface area contributed by atoms with Crippen molar-refractivity contribution in [1.29, 1.82) is 0 Å². The van der Waals surface area contributed by atoms with Gasteiger partial charge in [0.25, 0.3) is 5.82 Å². The number of nitro groups is 1. The number of rotatable bonds is 4. The number of ether oxygens (including phenoxy) is 2. The minimum absolute atomic E-state index is 0.0708. The van der Waals surface area contributed by atoms with Gasteiger partial charge in [0, 0.05) is 25.2 Å². The molecule has 0 N–H and O–H groups in total. The zero-order valence-electron chi connectivity index (χ0n) is 18.7. The van der Waals surface area contributed by atoms with Crippen molar-refractivity contribution < 1.29 is 28.8 Å². The molecule has 1 aliphatic rings. The van der Waals surface area contributed by atoms with E-state index in [0.29, 0.717) is 0 Å². The Morgan fingerprint density at radius 2 is 1.97 bits per heavy atom. The van der Waals surface area contributed by atoms with Crippen LogP contribution >= 0.6 is 15.9 Å². The number of halogens is 1. The van der Waals surface area contributed by atoms with Gasteiger partial charge in [0.15, 0.2) is 0 Å². The molecule has 178 valence electrons. The van der Waals surface area contributed by atoms with Gasteiger partial charge in [-0.15, -0.1) is 0 Å². The van der Waals surface area contributed by atoms with Crippen LogP contribution < -0.4 is 4.90 Å². The third-order valence-corrected chi connectivity index (χ3v) is 5.18. The maximum atomic E-state index is 13.0. The van der Waals surface area contributed by atoms with E-state index in [1.807, 2.05) is 0 Å². The average Bonchev–Trinajstić information content (AvgIpc) is 2.73. The maximum Gasteiger partial charge on any atom is 0.410 e. The molecule has 0 radical (unpaired) electrons. The number of hydrogen-bond acceptors (Lipinski definition) is 8. The number of carbonyl (C=O) groups is 3. The van der Waals surface area contributed by atoms with Crippen molar-refractivity contribution in [3.8, 4) is 0 Å². The van der Waals surface area contributed by atoms with E-state index in [2.05, 4.69) is 25.8 Å². The number of amides is 2. The van der Waals surface area contributed by atoms with Crippen molar-refractivity contribution >= 4 is 51.2 Å². The Hall–Kier alpha value is -3.27. The van der Waals surface area contributed by atoms with Crippen LogP contribution in [0.4, 0.5) is 22.1 Å². The van der Waals surface area contributed by atoms with E-state index >= 15 is 0 Å². The van der Waals surface area contributed by atoms with E-state index in [0.717, 1.165) is 11.0 Å². The molecule has 2 amide bonds. The quantitative estimate of drug-likeness (QED) is 0.191. The lowest BCUT2D eigenvalue weighted by Crippen LogP contribution is -2.52. The topological polar surface area (TPSA) is 137 Å². The van der Waals surface area contributed by atoms with Crippen LogP contribution in [-0.4, -0.2) is 64.1 Å². The highest BCUT2D eigenvalue weighted by Gasteiger charge is 2.41. The standard InChI is InChI=1S/C20H24BrN5O7/c1-6-32-18(28)17(27)25(16-14(26(30)31)11-13(21)15(22-5)23-16)12-7-9-24(10-8-12)19(29)33-20(2,3)4/h11-12H,6-10H2,1-4H3. The summed E-state index contributed by atoms with van der Waals surface area (Å²) in [6.07, 6.45) is -0.119. The summed E-state index contributed by atoms with van der Waals surface area (Å²) in [5.74, 6) is -2.97. The van der Waals surface area contributed by atoms with Gasteiger partial charge >= 0.3 is 29.5 Å². The molecule has 0 atom stereocenters. The third-order valence-electron chi connectivity index (χ3n) is 4.60. The molecule has 12 nitrogen and oxygen atoms in total. The first-order valence-corrected chi connectivity index (χ1v) is 10.9. The van der Waals surface area contributed by atoms with Gasteiger partial charge in [-0.3, -0.25) is 19.8 Å². The predicted molar refractivity (Wildman–Crippen MR) is 120 cm³/mol. The Labute approximate surface area is 198 Å². The van der Waals surface area contributed by atoms with E-state index in [4.69, 9.17) is 16.0 Å². The smallest absolute Gasteiger partial charge is 0.410 e. The van der Waals surface area contributed by atoms with Gasteiger partial charge in [-0.1, -0.05) is 27.5 Å². The van der Waals surface area contributed by atoms with Gasteiger partial charge in [0.05, 0.1) is 16.0 Å². The highest BCUT2D eigenvalue weighted by atomic mass is 79.9. The fourth-order valence-electron chi connectivity index (χ4n) is 3.21. The van der Waals surface area contributed by atoms with Crippen molar-refractivity contribution in [2.45, 2.75) is 52.2 Å². The SMILES string of the molecule is [C-]#[N+]c1nc(N(C(=O)C(=O)OCC)C2CCN(C(=O)OC(C)(C)C)CC2)c([N+](=O)[O-])cc1Br. The van der Waals surface area contributed by atoms with Crippen molar-refractivity contribution in [1.82, 2.24) is 9.88 Å². The average molecular weight is 526 g/mol. The van der Waals surface area contributed by atoms with Crippen molar-refractivity contribution in [2.75, 3.05) is 24.6 Å². The number of piperidine rings is 1. The second kappa shape index (κ2) is 10.6. The van der Waals surface area contributed by atoms with Crippen LogP contribution in [-0.2, 0) is 19.1 Å². The molecular formula is C20H24BrN5O7. The number of anilines is 1. The van der Waals surface area contributed by atoms with Crippen molar-refractivity contribution in [2.24, 2.45) is 0 Å². The van der Waals surface area contributed by atoms with E-state index in [1.54, 1.807) is 20.8 Å². The molecule has 2 rings (SSSR count). The Kier molecular flexibility index (Phi) is 8.32. The second-order valence-corrected chi connectivity index (χ2v) is 8.95. The summed E-state index contributed by atoms with van der Waals surface area (Å²) >= 11 is 3.06. The van der Waals surface area contributed by atoms with Crippen LogP contribution in [0.2, 0.25) is 0 Å². The molecule has 0 bridgehead atoms. The number of pyridine rings is 1. The van der Waals surface area contributed by atoms with Crippen LogP contribution in [0.15, 0.2) is 10.5 Å². The third kappa shape index (κ3) is 6.38. The number of esters is 1. The number of likely N-dealkylation sites (tertiary alicyclic amines) is 1. The first kappa shape index (κ1) is 26.0. The molecular weight excluding hydrogens is 502 g/mol. The van der Waals surface area contributed by atoms with Crippen molar-refractivity contribution in [3.05, 3.63) is 32.1 Å². The summed E-state index contributed by atoms with van der Waals surface area (Å²) in [4.78, 5) is 58.2. The number of aromatic nitrogens is 1. The maximum absolute atomic E-state index is 13.0. The first-order chi connectivity index (χ1) is 15.4. The van der Waals surface area contributed by atoms with Gasteiger partial charge in [-0.05, 0) is 40.5 Å². The van der Waals surface area contributed by atoms with Crippen molar-refractivity contribution in [3.63, 3.8) is 0 Å². The highest BCUT2D eigenvalue weighted by molar-refractivity contribution is 9.10. The Morgan fingerprint density at radius 3 is 2.45 bits per heavy atom. The molecule has 1 aromatic heterocycles.